The number of nitrogens with one attached hydrogen (secondary N) is 1. The molecule has 1 aromatic heterocycles. The zero-order chi connectivity index (χ0) is 22.9. The topological polar surface area (TPSA) is 93.7 Å². The second-order valence-electron chi connectivity index (χ2n) is 9.00. The Hall–Kier alpha value is -3.61. The first kappa shape index (κ1) is 21.2. The number of aromatic amines is 1. The Morgan fingerprint density at radius 2 is 1.85 bits per heavy atom. The van der Waals surface area contributed by atoms with Gasteiger partial charge >= 0.3 is 5.97 Å². The molecule has 2 aromatic carbocycles. The van der Waals surface area contributed by atoms with Gasteiger partial charge in [-0.15, -0.1) is 0 Å². The van der Waals surface area contributed by atoms with Crippen molar-refractivity contribution in [2.45, 2.75) is 32.2 Å². The molecule has 3 heterocycles. The fourth-order valence-electron chi connectivity index (χ4n) is 5.08. The van der Waals surface area contributed by atoms with Crippen molar-refractivity contribution in [1.82, 2.24) is 14.8 Å². The van der Waals surface area contributed by atoms with Gasteiger partial charge in [0.15, 0.2) is 0 Å². The molecule has 2 aliphatic heterocycles. The van der Waals surface area contributed by atoms with E-state index in [9.17, 15) is 19.5 Å². The minimum atomic E-state index is -0.960. The molecule has 1 atom stereocenters. The first-order valence-electron chi connectivity index (χ1n) is 11.5. The summed E-state index contributed by atoms with van der Waals surface area (Å²) in [4.78, 5) is 44.7. The standard InChI is InChI=1S/C26H27N3O4/c30-24(13-17-5-2-1-3-6-17)28-11-4-7-19(15-28)25(31)29-12-10-23-21(16-29)20-14-18(26(32)33)8-9-22(20)27-23/h1-3,5-6,8-9,14,19,27H,4,7,10-13,15-16H2,(H,32,33). The highest BCUT2D eigenvalue weighted by molar-refractivity contribution is 5.95. The molecule has 1 saturated heterocycles. The van der Waals surface area contributed by atoms with E-state index in [1.54, 1.807) is 18.2 Å². The molecule has 1 unspecified atom stereocenters. The molecule has 5 rings (SSSR count). The molecule has 0 bridgehead atoms. The second-order valence-corrected chi connectivity index (χ2v) is 9.00. The number of carbonyl (C=O) groups excluding carboxylic acids is 2. The highest BCUT2D eigenvalue weighted by atomic mass is 16.4. The second kappa shape index (κ2) is 8.73. The van der Waals surface area contributed by atoms with Crippen LogP contribution in [0.15, 0.2) is 48.5 Å². The van der Waals surface area contributed by atoms with E-state index < -0.39 is 5.97 Å². The summed E-state index contributed by atoms with van der Waals surface area (Å²) in [7, 11) is 0. The molecule has 33 heavy (non-hydrogen) atoms. The molecule has 3 aromatic rings. The molecule has 2 aliphatic rings. The van der Waals surface area contributed by atoms with Crippen LogP contribution < -0.4 is 0 Å². The van der Waals surface area contributed by atoms with Crippen LogP contribution in [0.2, 0.25) is 0 Å². The van der Waals surface area contributed by atoms with Gasteiger partial charge < -0.3 is 19.9 Å². The fourth-order valence-corrected chi connectivity index (χ4v) is 5.08. The van der Waals surface area contributed by atoms with Crippen molar-refractivity contribution in [3.8, 4) is 0 Å². The summed E-state index contributed by atoms with van der Waals surface area (Å²) in [6, 6.07) is 14.8. The zero-order valence-corrected chi connectivity index (χ0v) is 18.4. The molecule has 170 valence electrons. The summed E-state index contributed by atoms with van der Waals surface area (Å²) in [6.45, 7) is 2.25. The van der Waals surface area contributed by atoms with Crippen molar-refractivity contribution < 1.29 is 19.5 Å². The number of hydrogen-bond donors (Lipinski definition) is 2. The van der Waals surface area contributed by atoms with Gasteiger partial charge in [-0.05, 0) is 36.6 Å². The number of carboxylic acid groups (broad SMARTS) is 1. The van der Waals surface area contributed by atoms with Crippen molar-refractivity contribution in [3.05, 3.63) is 70.9 Å². The SMILES string of the molecule is O=C(O)c1ccc2[nH]c3c(c2c1)CN(C(=O)C1CCCN(C(=O)Cc2ccccc2)C1)CC3. The molecule has 0 radical (unpaired) electrons. The van der Waals surface area contributed by atoms with Crippen LogP contribution >= 0.6 is 0 Å². The largest absolute Gasteiger partial charge is 0.478 e. The van der Waals surface area contributed by atoms with Gasteiger partial charge in [-0.1, -0.05) is 30.3 Å². The summed E-state index contributed by atoms with van der Waals surface area (Å²) in [5.74, 6) is -1.00. The minimum absolute atomic E-state index is 0.0671. The third-order valence-corrected chi connectivity index (χ3v) is 6.86. The van der Waals surface area contributed by atoms with Crippen molar-refractivity contribution >= 4 is 28.7 Å². The molecule has 0 saturated carbocycles. The van der Waals surface area contributed by atoms with E-state index in [1.165, 1.54) is 0 Å². The molecule has 1 fully saturated rings. The summed E-state index contributed by atoms with van der Waals surface area (Å²) in [6.07, 6.45) is 2.68. The lowest BCUT2D eigenvalue weighted by molar-refractivity contribution is -0.141. The lowest BCUT2D eigenvalue weighted by atomic mass is 9.94. The Morgan fingerprint density at radius 3 is 2.64 bits per heavy atom. The van der Waals surface area contributed by atoms with Crippen molar-refractivity contribution in [2.75, 3.05) is 19.6 Å². The van der Waals surface area contributed by atoms with E-state index in [0.717, 1.165) is 40.6 Å². The number of carboxylic acids is 1. The van der Waals surface area contributed by atoms with E-state index in [1.807, 2.05) is 40.1 Å². The Morgan fingerprint density at radius 1 is 1.03 bits per heavy atom. The smallest absolute Gasteiger partial charge is 0.335 e. The summed E-state index contributed by atoms with van der Waals surface area (Å²) >= 11 is 0. The maximum absolute atomic E-state index is 13.4. The molecule has 2 N–H and O–H groups in total. The average molecular weight is 446 g/mol. The lowest BCUT2D eigenvalue weighted by Gasteiger charge is -2.36. The Bertz CT molecular complexity index is 1220. The number of nitrogens with zero attached hydrogens (tertiary/aromatic N) is 2. The number of H-pyrrole nitrogens is 1. The van der Waals surface area contributed by atoms with Crippen LogP contribution in [0.25, 0.3) is 10.9 Å². The molecular weight excluding hydrogens is 418 g/mol. The summed E-state index contributed by atoms with van der Waals surface area (Å²) < 4.78 is 0. The highest BCUT2D eigenvalue weighted by Crippen LogP contribution is 2.30. The predicted molar refractivity (Wildman–Crippen MR) is 124 cm³/mol. The number of likely N-dealkylation sites (tertiary alicyclic amines) is 1. The Balaban J connectivity index is 1.29. The van der Waals surface area contributed by atoms with E-state index in [2.05, 4.69) is 4.98 Å². The van der Waals surface area contributed by atoms with E-state index in [-0.39, 0.29) is 23.3 Å². The highest BCUT2D eigenvalue weighted by Gasteiger charge is 2.33. The predicted octanol–water partition coefficient (Wildman–Crippen LogP) is 3.23. The zero-order valence-electron chi connectivity index (χ0n) is 18.4. The van der Waals surface area contributed by atoms with Crippen molar-refractivity contribution in [3.63, 3.8) is 0 Å². The maximum atomic E-state index is 13.4. The third-order valence-electron chi connectivity index (χ3n) is 6.86. The number of amides is 2. The monoisotopic (exact) mass is 445 g/mol. The van der Waals surface area contributed by atoms with E-state index in [4.69, 9.17) is 0 Å². The molecule has 0 aliphatic carbocycles. The number of fused-ring (bicyclic) bond motifs is 3. The number of hydrogen-bond acceptors (Lipinski definition) is 3. The van der Waals surface area contributed by atoms with Crippen LogP contribution in [0.4, 0.5) is 0 Å². The summed E-state index contributed by atoms with van der Waals surface area (Å²) in [5, 5.41) is 10.2. The van der Waals surface area contributed by atoms with Crippen LogP contribution in [-0.4, -0.2) is 57.3 Å². The third kappa shape index (κ3) is 4.23. The van der Waals surface area contributed by atoms with Crippen molar-refractivity contribution in [1.29, 1.82) is 0 Å². The van der Waals surface area contributed by atoms with E-state index in [0.29, 0.717) is 39.0 Å². The number of piperidine rings is 1. The molecule has 0 spiro atoms. The first-order chi connectivity index (χ1) is 16.0. The van der Waals surface area contributed by atoms with Gasteiger partial charge in [0.25, 0.3) is 0 Å². The molecule has 2 amide bonds. The average Bonchev–Trinajstić information content (AvgIpc) is 3.21. The molecule has 7 heteroatoms. The van der Waals surface area contributed by atoms with E-state index >= 15 is 0 Å². The van der Waals surface area contributed by atoms with Crippen LogP contribution in [0.1, 0.15) is 40.0 Å². The number of rotatable bonds is 4. The van der Waals surface area contributed by atoms with Crippen LogP contribution in [0, 0.1) is 5.92 Å². The van der Waals surface area contributed by atoms with Gasteiger partial charge in [-0.2, -0.15) is 0 Å². The quantitative estimate of drug-likeness (QED) is 0.645. The first-order valence-corrected chi connectivity index (χ1v) is 11.5. The van der Waals surface area contributed by atoms with Gasteiger partial charge in [0.05, 0.1) is 17.9 Å². The van der Waals surface area contributed by atoms with Crippen molar-refractivity contribution in [2.24, 2.45) is 5.92 Å². The fraction of sp³-hybridized carbons (Fsp3) is 0.346. The maximum Gasteiger partial charge on any atom is 0.335 e. The number of aromatic nitrogens is 1. The van der Waals surface area contributed by atoms with Gasteiger partial charge in [0.1, 0.15) is 0 Å². The summed E-state index contributed by atoms with van der Waals surface area (Å²) in [5.41, 5.74) is 4.20. The normalized spacial score (nSPS) is 18.2. The Labute approximate surface area is 192 Å². The van der Waals surface area contributed by atoms with Gasteiger partial charge in [-0.25, -0.2) is 4.79 Å². The van der Waals surface area contributed by atoms with Gasteiger partial charge in [0.2, 0.25) is 11.8 Å². The number of aromatic carboxylic acids is 1. The van der Waals surface area contributed by atoms with Gasteiger partial charge in [0, 0.05) is 54.8 Å². The van der Waals surface area contributed by atoms with Crippen LogP contribution in [-0.2, 0) is 29.0 Å². The van der Waals surface area contributed by atoms with Crippen LogP contribution in [0.5, 0.6) is 0 Å². The molecule has 7 nitrogen and oxygen atoms in total. The number of carbonyl (C=O) groups is 3. The lowest BCUT2D eigenvalue weighted by Crippen LogP contribution is -2.48. The minimum Gasteiger partial charge on any atom is -0.478 e. The number of benzene rings is 2. The van der Waals surface area contributed by atoms with Crippen LogP contribution in [0.3, 0.4) is 0 Å². The Kier molecular flexibility index (Phi) is 5.62. The molecular formula is C26H27N3O4. The van der Waals surface area contributed by atoms with Gasteiger partial charge in [-0.3, -0.25) is 9.59 Å².